The molecule has 0 aliphatic rings. The SMILES string of the molecule is Cc1ccc(CC(C)N[C@H](CO)c2ccccc2)cc1. The van der Waals surface area contributed by atoms with Crippen LogP contribution in [0.1, 0.15) is 29.7 Å². The van der Waals surface area contributed by atoms with Gasteiger partial charge in [0.1, 0.15) is 0 Å². The van der Waals surface area contributed by atoms with Crippen molar-refractivity contribution in [2.75, 3.05) is 6.61 Å². The molecule has 0 radical (unpaired) electrons. The van der Waals surface area contributed by atoms with Crippen molar-refractivity contribution in [3.63, 3.8) is 0 Å². The van der Waals surface area contributed by atoms with Crippen LogP contribution < -0.4 is 5.32 Å². The van der Waals surface area contributed by atoms with Gasteiger partial charge in [-0.05, 0) is 31.4 Å². The smallest absolute Gasteiger partial charge is 0.0626 e. The maximum Gasteiger partial charge on any atom is 0.0626 e. The molecule has 2 nitrogen and oxygen atoms in total. The van der Waals surface area contributed by atoms with E-state index in [0.29, 0.717) is 6.04 Å². The van der Waals surface area contributed by atoms with Gasteiger partial charge in [-0.25, -0.2) is 0 Å². The highest BCUT2D eigenvalue weighted by atomic mass is 16.3. The zero-order chi connectivity index (χ0) is 14.4. The Hall–Kier alpha value is -1.64. The predicted molar refractivity (Wildman–Crippen MR) is 83.7 cm³/mol. The molecule has 2 aromatic carbocycles. The largest absolute Gasteiger partial charge is 0.394 e. The van der Waals surface area contributed by atoms with Gasteiger partial charge in [0.25, 0.3) is 0 Å². The molecule has 0 saturated carbocycles. The van der Waals surface area contributed by atoms with Crippen molar-refractivity contribution in [3.8, 4) is 0 Å². The lowest BCUT2D eigenvalue weighted by Gasteiger charge is -2.22. The molecule has 2 heteroatoms. The van der Waals surface area contributed by atoms with Crippen LogP contribution in [0, 0.1) is 6.92 Å². The molecule has 0 aromatic heterocycles. The summed E-state index contributed by atoms with van der Waals surface area (Å²) >= 11 is 0. The summed E-state index contributed by atoms with van der Waals surface area (Å²) in [7, 11) is 0. The van der Waals surface area contributed by atoms with E-state index in [4.69, 9.17) is 0 Å². The van der Waals surface area contributed by atoms with Crippen LogP contribution in [-0.4, -0.2) is 17.8 Å². The van der Waals surface area contributed by atoms with Crippen LogP contribution in [0.2, 0.25) is 0 Å². The molecular formula is C18H23NO. The molecule has 2 N–H and O–H groups in total. The predicted octanol–water partition coefficient (Wildman–Crippen LogP) is 3.25. The minimum absolute atomic E-state index is 0.00310. The van der Waals surface area contributed by atoms with Gasteiger partial charge in [-0.2, -0.15) is 0 Å². The van der Waals surface area contributed by atoms with Crippen molar-refractivity contribution >= 4 is 0 Å². The highest BCUT2D eigenvalue weighted by molar-refractivity contribution is 5.23. The summed E-state index contributed by atoms with van der Waals surface area (Å²) in [6, 6.07) is 19.0. The molecule has 2 atom stereocenters. The second-order valence-electron chi connectivity index (χ2n) is 5.40. The Morgan fingerprint density at radius 3 is 2.25 bits per heavy atom. The fourth-order valence-corrected chi connectivity index (χ4v) is 2.42. The molecule has 0 spiro atoms. The summed E-state index contributed by atoms with van der Waals surface area (Å²) in [6.07, 6.45) is 0.962. The Morgan fingerprint density at radius 1 is 1.00 bits per heavy atom. The monoisotopic (exact) mass is 269 g/mol. The molecule has 0 aliphatic carbocycles. The van der Waals surface area contributed by atoms with Gasteiger partial charge in [0.15, 0.2) is 0 Å². The van der Waals surface area contributed by atoms with Gasteiger partial charge in [0, 0.05) is 6.04 Å². The summed E-state index contributed by atoms with van der Waals surface area (Å²) < 4.78 is 0. The van der Waals surface area contributed by atoms with Crippen molar-refractivity contribution in [1.29, 1.82) is 0 Å². The molecular weight excluding hydrogens is 246 g/mol. The summed E-state index contributed by atoms with van der Waals surface area (Å²) in [4.78, 5) is 0. The van der Waals surface area contributed by atoms with Crippen molar-refractivity contribution < 1.29 is 5.11 Å². The van der Waals surface area contributed by atoms with E-state index < -0.39 is 0 Å². The fraction of sp³-hybridized carbons (Fsp3) is 0.333. The van der Waals surface area contributed by atoms with Crippen LogP contribution in [0.15, 0.2) is 54.6 Å². The Morgan fingerprint density at radius 2 is 1.65 bits per heavy atom. The zero-order valence-corrected chi connectivity index (χ0v) is 12.2. The van der Waals surface area contributed by atoms with E-state index in [0.717, 1.165) is 12.0 Å². The first-order chi connectivity index (χ1) is 9.69. The highest BCUT2D eigenvalue weighted by Gasteiger charge is 2.13. The van der Waals surface area contributed by atoms with Crippen LogP contribution in [0.4, 0.5) is 0 Å². The van der Waals surface area contributed by atoms with Crippen molar-refractivity contribution in [2.24, 2.45) is 0 Å². The number of benzene rings is 2. The third-order valence-corrected chi connectivity index (χ3v) is 3.53. The number of aliphatic hydroxyl groups excluding tert-OH is 1. The molecule has 106 valence electrons. The Bertz CT molecular complexity index is 507. The lowest BCUT2D eigenvalue weighted by Crippen LogP contribution is -2.34. The topological polar surface area (TPSA) is 32.3 Å². The lowest BCUT2D eigenvalue weighted by atomic mass is 10.0. The van der Waals surface area contributed by atoms with Crippen LogP contribution in [0.5, 0.6) is 0 Å². The number of nitrogens with one attached hydrogen (secondary N) is 1. The zero-order valence-electron chi connectivity index (χ0n) is 12.2. The summed E-state index contributed by atoms with van der Waals surface area (Å²) in [5, 5.41) is 13.1. The maximum absolute atomic E-state index is 9.57. The number of hydrogen-bond donors (Lipinski definition) is 2. The molecule has 20 heavy (non-hydrogen) atoms. The van der Waals surface area contributed by atoms with Gasteiger partial charge in [0.05, 0.1) is 12.6 Å². The molecule has 0 saturated heterocycles. The molecule has 2 aromatic rings. The van der Waals surface area contributed by atoms with Gasteiger partial charge in [-0.15, -0.1) is 0 Å². The minimum atomic E-state index is -0.00310. The van der Waals surface area contributed by atoms with E-state index in [2.05, 4.69) is 43.4 Å². The summed E-state index contributed by atoms with van der Waals surface area (Å²) in [6.45, 7) is 4.37. The average Bonchev–Trinajstić information content (AvgIpc) is 2.48. The van der Waals surface area contributed by atoms with Gasteiger partial charge in [-0.1, -0.05) is 60.2 Å². The molecule has 0 aliphatic heterocycles. The van der Waals surface area contributed by atoms with Crippen molar-refractivity contribution in [2.45, 2.75) is 32.4 Å². The third kappa shape index (κ3) is 4.19. The summed E-state index contributed by atoms with van der Waals surface area (Å²) in [5.74, 6) is 0. The van der Waals surface area contributed by atoms with E-state index in [-0.39, 0.29) is 12.6 Å². The van der Waals surface area contributed by atoms with Gasteiger partial charge in [-0.3, -0.25) is 0 Å². The Labute approximate surface area is 121 Å². The molecule has 2 rings (SSSR count). The molecule has 0 bridgehead atoms. The average molecular weight is 269 g/mol. The number of aliphatic hydroxyl groups is 1. The number of aryl methyl sites for hydroxylation is 1. The second-order valence-corrected chi connectivity index (χ2v) is 5.40. The lowest BCUT2D eigenvalue weighted by molar-refractivity contribution is 0.235. The molecule has 0 heterocycles. The normalized spacial score (nSPS) is 13.9. The quantitative estimate of drug-likeness (QED) is 0.843. The van der Waals surface area contributed by atoms with Gasteiger partial charge >= 0.3 is 0 Å². The first-order valence-electron chi connectivity index (χ1n) is 7.16. The van der Waals surface area contributed by atoms with Crippen molar-refractivity contribution in [3.05, 3.63) is 71.3 Å². The van der Waals surface area contributed by atoms with Gasteiger partial charge < -0.3 is 10.4 Å². The van der Waals surface area contributed by atoms with E-state index in [9.17, 15) is 5.11 Å². The Balaban J connectivity index is 1.95. The molecule has 0 fully saturated rings. The minimum Gasteiger partial charge on any atom is -0.394 e. The highest BCUT2D eigenvalue weighted by Crippen LogP contribution is 2.14. The molecule has 0 amide bonds. The van der Waals surface area contributed by atoms with E-state index in [1.165, 1.54) is 11.1 Å². The number of rotatable bonds is 6. The molecule has 1 unspecified atom stereocenters. The van der Waals surface area contributed by atoms with Gasteiger partial charge in [0.2, 0.25) is 0 Å². The van der Waals surface area contributed by atoms with E-state index in [1.54, 1.807) is 0 Å². The van der Waals surface area contributed by atoms with Crippen LogP contribution in [-0.2, 0) is 6.42 Å². The van der Waals surface area contributed by atoms with E-state index >= 15 is 0 Å². The van der Waals surface area contributed by atoms with Crippen LogP contribution in [0.3, 0.4) is 0 Å². The second kappa shape index (κ2) is 7.22. The van der Waals surface area contributed by atoms with E-state index in [1.807, 2.05) is 30.3 Å². The van der Waals surface area contributed by atoms with Crippen molar-refractivity contribution in [1.82, 2.24) is 5.32 Å². The Kier molecular flexibility index (Phi) is 5.33. The summed E-state index contributed by atoms with van der Waals surface area (Å²) in [5.41, 5.74) is 3.73. The first-order valence-corrected chi connectivity index (χ1v) is 7.16. The maximum atomic E-state index is 9.57. The fourth-order valence-electron chi connectivity index (χ4n) is 2.42. The standard InChI is InChI=1S/C18H23NO/c1-14-8-10-16(11-9-14)12-15(2)19-18(13-20)17-6-4-3-5-7-17/h3-11,15,18-20H,12-13H2,1-2H3/t15?,18-/m1/s1. The number of hydrogen-bond acceptors (Lipinski definition) is 2. The van der Waals surface area contributed by atoms with Crippen LogP contribution >= 0.6 is 0 Å². The van der Waals surface area contributed by atoms with Crippen LogP contribution in [0.25, 0.3) is 0 Å². The first kappa shape index (κ1) is 14.8. The third-order valence-electron chi connectivity index (χ3n) is 3.53.